The molecule has 1 unspecified atom stereocenters. The number of hydrogen-bond donors (Lipinski definition) is 1. The quantitative estimate of drug-likeness (QED) is 0.718. The second-order valence-electron chi connectivity index (χ2n) is 5.40. The van der Waals surface area contributed by atoms with Crippen molar-refractivity contribution in [3.8, 4) is 0 Å². The molecule has 2 aromatic rings. The summed E-state index contributed by atoms with van der Waals surface area (Å²) in [4.78, 5) is 0. The molecule has 0 radical (unpaired) electrons. The standard InChI is InChI=1S/C19H24BrN/c1-3-7-15-10-12-16(13-11-15)19(21-4-2)14-17-8-5-6-9-18(17)20/h5-6,8-13,19,21H,3-4,7,14H2,1-2H3. The van der Waals surface area contributed by atoms with E-state index in [4.69, 9.17) is 0 Å². The first-order valence-corrected chi connectivity index (χ1v) is 8.59. The van der Waals surface area contributed by atoms with E-state index in [0.717, 1.165) is 19.4 Å². The van der Waals surface area contributed by atoms with Crippen LogP contribution in [0.15, 0.2) is 53.0 Å². The van der Waals surface area contributed by atoms with Crippen molar-refractivity contribution in [2.45, 2.75) is 39.2 Å². The predicted molar refractivity (Wildman–Crippen MR) is 94.7 cm³/mol. The fourth-order valence-corrected chi connectivity index (χ4v) is 3.09. The van der Waals surface area contributed by atoms with Gasteiger partial charge >= 0.3 is 0 Å². The summed E-state index contributed by atoms with van der Waals surface area (Å²) in [5.74, 6) is 0. The third-order valence-corrected chi connectivity index (χ3v) is 4.53. The molecule has 0 amide bonds. The number of hydrogen-bond acceptors (Lipinski definition) is 1. The van der Waals surface area contributed by atoms with Gasteiger partial charge in [-0.25, -0.2) is 0 Å². The molecule has 0 aliphatic rings. The van der Waals surface area contributed by atoms with Crippen molar-refractivity contribution in [3.05, 3.63) is 69.7 Å². The lowest BCUT2D eigenvalue weighted by Crippen LogP contribution is -2.23. The van der Waals surface area contributed by atoms with Gasteiger partial charge in [-0.3, -0.25) is 0 Å². The zero-order valence-electron chi connectivity index (χ0n) is 12.9. The van der Waals surface area contributed by atoms with E-state index in [9.17, 15) is 0 Å². The summed E-state index contributed by atoms with van der Waals surface area (Å²) in [7, 11) is 0. The highest BCUT2D eigenvalue weighted by atomic mass is 79.9. The third kappa shape index (κ3) is 4.69. The second kappa shape index (κ2) is 8.35. The summed E-state index contributed by atoms with van der Waals surface area (Å²) in [5, 5.41) is 3.61. The van der Waals surface area contributed by atoms with Crippen LogP contribution in [0.5, 0.6) is 0 Å². The second-order valence-corrected chi connectivity index (χ2v) is 6.25. The lowest BCUT2D eigenvalue weighted by molar-refractivity contribution is 0.549. The van der Waals surface area contributed by atoms with Gasteiger partial charge in [0, 0.05) is 10.5 Å². The van der Waals surface area contributed by atoms with E-state index >= 15 is 0 Å². The van der Waals surface area contributed by atoms with E-state index in [-0.39, 0.29) is 0 Å². The van der Waals surface area contributed by atoms with E-state index in [0.29, 0.717) is 6.04 Å². The van der Waals surface area contributed by atoms with Crippen LogP contribution in [0.3, 0.4) is 0 Å². The van der Waals surface area contributed by atoms with Gasteiger partial charge in [-0.2, -0.15) is 0 Å². The summed E-state index contributed by atoms with van der Waals surface area (Å²) >= 11 is 3.65. The molecule has 0 aliphatic carbocycles. The van der Waals surface area contributed by atoms with Gasteiger partial charge in [-0.15, -0.1) is 0 Å². The van der Waals surface area contributed by atoms with E-state index in [1.165, 1.54) is 27.6 Å². The van der Waals surface area contributed by atoms with Gasteiger partial charge in [-0.05, 0) is 42.1 Å². The molecule has 0 aromatic heterocycles. The molecule has 2 rings (SSSR count). The van der Waals surface area contributed by atoms with Crippen molar-refractivity contribution in [3.63, 3.8) is 0 Å². The molecule has 0 saturated heterocycles. The molecule has 0 fully saturated rings. The summed E-state index contributed by atoms with van der Waals surface area (Å²) in [5.41, 5.74) is 4.14. The number of rotatable bonds is 7. The molecule has 21 heavy (non-hydrogen) atoms. The smallest absolute Gasteiger partial charge is 0.0361 e. The highest BCUT2D eigenvalue weighted by molar-refractivity contribution is 9.10. The maximum Gasteiger partial charge on any atom is 0.0361 e. The molecule has 1 atom stereocenters. The Morgan fingerprint density at radius 3 is 2.33 bits per heavy atom. The zero-order valence-corrected chi connectivity index (χ0v) is 14.5. The molecule has 2 aromatic carbocycles. The molecular formula is C19H24BrN. The van der Waals surface area contributed by atoms with Crippen molar-refractivity contribution in [1.82, 2.24) is 5.32 Å². The van der Waals surface area contributed by atoms with Crippen LogP contribution >= 0.6 is 15.9 Å². The summed E-state index contributed by atoms with van der Waals surface area (Å²) in [6, 6.07) is 17.9. The van der Waals surface area contributed by atoms with Crippen molar-refractivity contribution >= 4 is 15.9 Å². The summed E-state index contributed by atoms with van der Waals surface area (Å²) < 4.78 is 1.19. The minimum absolute atomic E-state index is 0.365. The average Bonchev–Trinajstić information content (AvgIpc) is 2.50. The molecule has 0 bridgehead atoms. The number of likely N-dealkylation sites (N-methyl/N-ethyl adjacent to an activating group) is 1. The van der Waals surface area contributed by atoms with Crippen LogP contribution in [0.4, 0.5) is 0 Å². The minimum atomic E-state index is 0.365. The Morgan fingerprint density at radius 2 is 1.71 bits per heavy atom. The maximum absolute atomic E-state index is 3.65. The highest BCUT2D eigenvalue weighted by Crippen LogP contribution is 2.24. The van der Waals surface area contributed by atoms with Crippen LogP contribution in [-0.2, 0) is 12.8 Å². The fraction of sp³-hybridized carbons (Fsp3) is 0.368. The molecule has 0 spiro atoms. The first kappa shape index (κ1) is 16.3. The molecule has 2 heteroatoms. The van der Waals surface area contributed by atoms with Crippen LogP contribution in [0.1, 0.15) is 43.0 Å². The predicted octanol–water partition coefficient (Wildman–Crippen LogP) is 5.29. The lowest BCUT2D eigenvalue weighted by Gasteiger charge is -2.19. The maximum atomic E-state index is 3.65. The Bertz CT molecular complexity index is 548. The Hall–Kier alpha value is -1.12. The molecule has 1 nitrogen and oxygen atoms in total. The summed E-state index contributed by atoms with van der Waals surface area (Å²) in [6.45, 7) is 5.37. The van der Waals surface area contributed by atoms with Gasteiger partial charge in [0.2, 0.25) is 0 Å². The Kier molecular flexibility index (Phi) is 6.47. The van der Waals surface area contributed by atoms with Crippen LogP contribution in [0.2, 0.25) is 0 Å². The molecule has 0 saturated carbocycles. The van der Waals surface area contributed by atoms with Crippen LogP contribution < -0.4 is 5.32 Å². The third-order valence-electron chi connectivity index (χ3n) is 3.75. The lowest BCUT2D eigenvalue weighted by atomic mass is 9.97. The molecule has 112 valence electrons. The molecule has 1 N–H and O–H groups in total. The normalized spacial score (nSPS) is 12.3. The van der Waals surface area contributed by atoms with Crippen molar-refractivity contribution < 1.29 is 0 Å². The molecular weight excluding hydrogens is 322 g/mol. The van der Waals surface area contributed by atoms with Crippen LogP contribution in [0.25, 0.3) is 0 Å². The van der Waals surface area contributed by atoms with Gasteiger partial charge in [0.25, 0.3) is 0 Å². The van der Waals surface area contributed by atoms with E-state index in [1.807, 2.05) is 0 Å². The molecule has 0 heterocycles. The summed E-state index contributed by atoms with van der Waals surface area (Å²) in [6.07, 6.45) is 3.37. The topological polar surface area (TPSA) is 12.0 Å². The van der Waals surface area contributed by atoms with E-state index in [1.54, 1.807) is 0 Å². The van der Waals surface area contributed by atoms with Crippen LogP contribution in [0, 0.1) is 0 Å². The largest absolute Gasteiger partial charge is 0.310 e. The fourth-order valence-electron chi connectivity index (χ4n) is 2.64. The van der Waals surface area contributed by atoms with E-state index < -0.39 is 0 Å². The minimum Gasteiger partial charge on any atom is -0.310 e. The Labute approximate surface area is 136 Å². The van der Waals surface area contributed by atoms with Gasteiger partial charge in [-0.1, -0.05) is 78.7 Å². The Balaban J connectivity index is 2.16. The van der Waals surface area contributed by atoms with Gasteiger partial charge in [0.15, 0.2) is 0 Å². The monoisotopic (exact) mass is 345 g/mol. The number of benzene rings is 2. The van der Waals surface area contributed by atoms with Gasteiger partial charge < -0.3 is 5.32 Å². The number of aryl methyl sites for hydroxylation is 1. The zero-order chi connectivity index (χ0) is 15.1. The van der Waals surface area contributed by atoms with Crippen molar-refractivity contribution in [2.75, 3.05) is 6.54 Å². The molecule has 0 aliphatic heterocycles. The van der Waals surface area contributed by atoms with Gasteiger partial charge in [0.05, 0.1) is 0 Å². The Morgan fingerprint density at radius 1 is 1.00 bits per heavy atom. The first-order chi connectivity index (χ1) is 10.2. The number of nitrogens with one attached hydrogen (secondary N) is 1. The average molecular weight is 346 g/mol. The van der Waals surface area contributed by atoms with Crippen LogP contribution in [-0.4, -0.2) is 6.54 Å². The van der Waals surface area contributed by atoms with E-state index in [2.05, 4.69) is 83.6 Å². The van der Waals surface area contributed by atoms with Gasteiger partial charge in [0.1, 0.15) is 0 Å². The highest BCUT2D eigenvalue weighted by Gasteiger charge is 2.12. The SMILES string of the molecule is CCCc1ccc(C(Cc2ccccc2Br)NCC)cc1. The van der Waals surface area contributed by atoms with Crippen molar-refractivity contribution in [1.29, 1.82) is 0 Å². The first-order valence-electron chi connectivity index (χ1n) is 7.80. The number of halogens is 1. The van der Waals surface area contributed by atoms with Crippen molar-refractivity contribution in [2.24, 2.45) is 0 Å².